The van der Waals surface area contributed by atoms with E-state index in [-0.39, 0.29) is 22.7 Å². The first-order valence-electron chi connectivity index (χ1n) is 10.0. The summed E-state index contributed by atoms with van der Waals surface area (Å²) in [6, 6.07) is 9.71. The Bertz CT molecular complexity index is 1310. The number of amides is 1. The number of sulfonamides is 1. The Hall–Kier alpha value is -3.53. The molecule has 2 aromatic heterocycles. The molecule has 3 aromatic rings. The number of nitrogens with one attached hydrogen (secondary N) is 1. The van der Waals surface area contributed by atoms with Crippen molar-refractivity contribution in [2.45, 2.75) is 45.1 Å². The number of rotatable bonds is 5. The van der Waals surface area contributed by atoms with Gasteiger partial charge < -0.3 is 10.5 Å². The first-order valence-corrected chi connectivity index (χ1v) is 11.5. The van der Waals surface area contributed by atoms with Crippen molar-refractivity contribution in [1.29, 1.82) is 0 Å². The zero-order valence-electron chi connectivity index (χ0n) is 18.9. The molecule has 8 nitrogen and oxygen atoms in total. The summed E-state index contributed by atoms with van der Waals surface area (Å²) in [6.45, 7) is 9.12. The summed E-state index contributed by atoms with van der Waals surface area (Å²) in [5.41, 5.74) is 6.68. The molecule has 3 N–H and O–H groups in total. The minimum absolute atomic E-state index is 0.00666. The highest BCUT2D eigenvalue weighted by molar-refractivity contribution is 7.90. The average molecular weight is 473 g/mol. The molecule has 0 radical (unpaired) electrons. The van der Waals surface area contributed by atoms with Crippen molar-refractivity contribution in [2.75, 3.05) is 5.73 Å². The number of halogens is 1. The van der Waals surface area contributed by atoms with E-state index in [1.54, 1.807) is 19.9 Å². The van der Waals surface area contributed by atoms with E-state index in [9.17, 15) is 17.6 Å². The van der Waals surface area contributed by atoms with Crippen LogP contribution in [-0.4, -0.2) is 24.3 Å². The third-order valence-corrected chi connectivity index (χ3v) is 5.98. The van der Waals surface area contributed by atoms with Crippen LogP contribution in [0.15, 0.2) is 47.5 Å². The first-order chi connectivity index (χ1) is 15.3. The molecule has 0 aliphatic heterocycles. The highest BCUT2D eigenvalue weighted by Gasteiger charge is 2.26. The average Bonchev–Trinajstić information content (AvgIpc) is 2.69. The number of carbonyl (C=O) groups excluding carboxylic acids is 1. The van der Waals surface area contributed by atoms with E-state index in [1.165, 1.54) is 36.4 Å². The SMILES string of the molecule is Cc1cc(F)cc(C)c1Oc1nc(C(C)(C)C)ccc1C(=O)NS(=O)(=O)c1cccc(N)n1. The highest BCUT2D eigenvalue weighted by Crippen LogP contribution is 2.32. The van der Waals surface area contributed by atoms with E-state index in [4.69, 9.17) is 10.5 Å². The Kier molecular flexibility index (Phi) is 6.42. The van der Waals surface area contributed by atoms with E-state index in [0.29, 0.717) is 22.6 Å². The lowest BCUT2D eigenvalue weighted by Crippen LogP contribution is -2.32. The smallest absolute Gasteiger partial charge is 0.281 e. The number of nitrogen functional groups attached to an aromatic ring is 1. The molecule has 0 aliphatic rings. The van der Waals surface area contributed by atoms with Gasteiger partial charge in [-0.3, -0.25) is 4.79 Å². The maximum atomic E-state index is 13.7. The van der Waals surface area contributed by atoms with Crippen LogP contribution in [0.3, 0.4) is 0 Å². The topological polar surface area (TPSA) is 124 Å². The molecule has 2 heterocycles. The van der Waals surface area contributed by atoms with Crippen LogP contribution in [0.2, 0.25) is 0 Å². The number of benzene rings is 1. The number of aromatic nitrogens is 2. The van der Waals surface area contributed by atoms with Gasteiger partial charge >= 0.3 is 0 Å². The summed E-state index contributed by atoms with van der Waals surface area (Å²) in [4.78, 5) is 21.2. The summed E-state index contributed by atoms with van der Waals surface area (Å²) >= 11 is 0. The van der Waals surface area contributed by atoms with Crippen molar-refractivity contribution in [3.05, 3.63) is 70.7 Å². The number of carbonyl (C=O) groups is 1. The monoisotopic (exact) mass is 472 g/mol. The molecule has 0 unspecified atom stereocenters. The number of aryl methyl sites for hydroxylation is 2. The number of anilines is 1. The molecule has 3 rings (SSSR count). The number of nitrogens with two attached hydrogens (primary N) is 1. The van der Waals surface area contributed by atoms with Crippen molar-refractivity contribution in [1.82, 2.24) is 14.7 Å². The van der Waals surface area contributed by atoms with Crippen LogP contribution >= 0.6 is 0 Å². The zero-order chi connectivity index (χ0) is 24.6. The largest absolute Gasteiger partial charge is 0.438 e. The summed E-state index contributed by atoms with van der Waals surface area (Å²) in [6.07, 6.45) is 0. The van der Waals surface area contributed by atoms with Gasteiger partial charge in [0.05, 0.1) is 0 Å². The lowest BCUT2D eigenvalue weighted by molar-refractivity contribution is 0.0978. The van der Waals surface area contributed by atoms with Crippen molar-refractivity contribution < 1.29 is 22.3 Å². The normalized spacial score (nSPS) is 11.8. The molecule has 1 aromatic carbocycles. The fourth-order valence-corrected chi connectivity index (χ4v) is 4.02. The molecule has 10 heteroatoms. The Morgan fingerprint density at radius 2 is 1.70 bits per heavy atom. The van der Waals surface area contributed by atoms with E-state index >= 15 is 0 Å². The second-order valence-electron chi connectivity index (χ2n) is 8.61. The number of hydrogen-bond donors (Lipinski definition) is 2. The maximum absolute atomic E-state index is 13.7. The third-order valence-electron chi connectivity index (χ3n) is 4.74. The summed E-state index contributed by atoms with van der Waals surface area (Å²) in [5, 5.41) is -0.400. The van der Waals surface area contributed by atoms with Gasteiger partial charge in [0, 0.05) is 11.1 Å². The van der Waals surface area contributed by atoms with Crippen LogP contribution in [0.4, 0.5) is 10.2 Å². The zero-order valence-corrected chi connectivity index (χ0v) is 19.7. The molecule has 0 spiro atoms. The van der Waals surface area contributed by atoms with Crippen molar-refractivity contribution in [3.8, 4) is 11.6 Å². The number of pyridine rings is 2. The Labute approximate surface area is 192 Å². The Morgan fingerprint density at radius 3 is 2.27 bits per heavy atom. The molecule has 0 saturated carbocycles. The molecule has 1 amide bonds. The molecule has 33 heavy (non-hydrogen) atoms. The highest BCUT2D eigenvalue weighted by atomic mass is 32.2. The lowest BCUT2D eigenvalue weighted by Gasteiger charge is -2.20. The standard InChI is InChI=1S/C23H25FN4O4S/c1-13-11-15(24)12-14(2)20(13)32-22-16(9-10-17(26-22)23(3,4)5)21(29)28-33(30,31)19-8-6-7-18(25)27-19/h6-12H,1-5H3,(H2,25,27)(H,28,29). The van der Waals surface area contributed by atoms with Gasteiger partial charge in [-0.1, -0.05) is 26.8 Å². The van der Waals surface area contributed by atoms with Crippen LogP contribution in [0.1, 0.15) is 48.0 Å². The summed E-state index contributed by atoms with van der Waals surface area (Å²) in [7, 11) is -4.30. The van der Waals surface area contributed by atoms with E-state index in [0.717, 1.165) is 0 Å². The lowest BCUT2D eigenvalue weighted by atomic mass is 9.91. The predicted octanol–water partition coefficient (Wildman–Crippen LogP) is 4.02. The molecule has 0 fully saturated rings. The van der Waals surface area contributed by atoms with Gasteiger partial charge in [-0.15, -0.1) is 0 Å². The van der Waals surface area contributed by atoms with Crippen LogP contribution in [0.25, 0.3) is 0 Å². The third kappa shape index (κ3) is 5.46. The molecule has 0 bridgehead atoms. The number of ether oxygens (including phenoxy) is 1. The second kappa shape index (κ2) is 8.78. The van der Waals surface area contributed by atoms with E-state index in [2.05, 4.69) is 9.97 Å². The van der Waals surface area contributed by atoms with Gasteiger partial charge in [-0.25, -0.2) is 19.1 Å². The quantitative estimate of drug-likeness (QED) is 0.574. The predicted molar refractivity (Wildman–Crippen MR) is 122 cm³/mol. The van der Waals surface area contributed by atoms with Gasteiger partial charge in [0.15, 0.2) is 5.03 Å². The fraction of sp³-hybridized carbons (Fsp3) is 0.261. The number of hydrogen-bond acceptors (Lipinski definition) is 7. The number of nitrogens with zero attached hydrogens (tertiary/aromatic N) is 2. The fourth-order valence-electron chi connectivity index (χ4n) is 3.07. The molecular formula is C23H25FN4O4S. The van der Waals surface area contributed by atoms with Crippen molar-refractivity contribution >= 4 is 21.7 Å². The summed E-state index contributed by atoms with van der Waals surface area (Å²) < 4.78 is 47.0. The van der Waals surface area contributed by atoms with Crippen molar-refractivity contribution in [3.63, 3.8) is 0 Å². The summed E-state index contributed by atoms with van der Waals surface area (Å²) in [5.74, 6) is -1.17. The van der Waals surface area contributed by atoms with Gasteiger partial charge in [0.25, 0.3) is 15.9 Å². The van der Waals surface area contributed by atoms with Crippen molar-refractivity contribution in [2.24, 2.45) is 0 Å². The van der Waals surface area contributed by atoms with Gasteiger partial charge in [0.2, 0.25) is 5.88 Å². The van der Waals surface area contributed by atoms with Crippen LogP contribution in [0, 0.1) is 19.7 Å². The Morgan fingerprint density at radius 1 is 1.06 bits per heavy atom. The van der Waals surface area contributed by atoms with Gasteiger partial charge in [-0.2, -0.15) is 8.42 Å². The van der Waals surface area contributed by atoms with E-state index < -0.39 is 26.8 Å². The first kappa shape index (κ1) is 24.1. The van der Waals surface area contributed by atoms with Gasteiger partial charge in [0.1, 0.15) is 22.9 Å². The minimum atomic E-state index is -4.30. The minimum Gasteiger partial charge on any atom is -0.438 e. The molecule has 174 valence electrons. The van der Waals surface area contributed by atoms with Crippen LogP contribution in [0.5, 0.6) is 11.6 Å². The van der Waals surface area contributed by atoms with Crippen LogP contribution in [-0.2, 0) is 15.4 Å². The molecule has 0 aliphatic carbocycles. The van der Waals surface area contributed by atoms with Crippen LogP contribution < -0.4 is 15.2 Å². The molecule has 0 saturated heterocycles. The Balaban J connectivity index is 2.05. The maximum Gasteiger partial charge on any atom is 0.281 e. The van der Waals surface area contributed by atoms with E-state index in [1.807, 2.05) is 25.5 Å². The van der Waals surface area contributed by atoms with Gasteiger partial charge in [-0.05, 0) is 61.4 Å². The molecule has 0 atom stereocenters. The molecular weight excluding hydrogens is 447 g/mol. The second-order valence-corrected chi connectivity index (χ2v) is 10.2.